The molecule has 0 saturated carbocycles. The highest BCUT2D eigenvalue weighted by atomic mass is 19.4. The number of para-hydroxylation sites is 1. The van der Waals surface area contributed by atoms with Crippen LogP contribution in [0.1, 0.15) is 11.1 Å². The van der Waals surface area contributed by atoms with Crippen molar-refractivity contribution in [2.75, 3.05) is 0 Å². The summed E-state index contributed by atoms with van der Waals surface area (Å²) in [6.07, 6.45) is -10.1. The predicted molar refractivity (Wildman–Crippen MR) is 211 cm³/mol. The first-order valence-electron chi connectivity index (χ1n) is 17.9. The smallest absolute Gasteiger partial charge is 0.309 e. The minimum Gasteiger partial charge on any atom is -0.309 e. The maximum Gasteiger partial charge on any atom is 0.416 e. The van der Waals surface area contributed by atoms with Crippen molar-refractivity contribution in [2.24, 2.45) is 0 Å². The molecule has 2 aromatic heterocycles. The van der Waals surface area contributed by atoms with Crippen molar-refractivity contribution in [2.45, 2.75) is 12.4 Å². The van der Waals surface area contributed by atoms with Crippen molar-refractivity contribution >= 4 is 21.8 Å². The molecule has 7 aromatic carbocycles. The lowest BCUT2D eigenvalue weighted by atomic mass is 9.96. The third-order valence-corrected chi connectivity index (χ3v) is 9.87. The first kappa shape index (κ1) is 35.6. The lowest BCUT2D eigenvalue weighted by molar-refractivity contribution is -0.143. The highest BCUT2D eigenvalue weighted by Crippen LogP contribution is 2.43. The van der Waals surface area contributed by atoms with Crippen LogP contribution in [0.2, 0.25) is 0 Å². The lowest BCUT2D eigenvalue weighted by Crippen LogP contribution is -2.11. The summed E-state index contributed by atoms with van der Waals surface area (Å²) in [6, 6.07) is 48.5. The number of halogens is 6. The molecule has 0 amide bonds. The average molecular weight is 763 g/mol. The Bertz CT molecular complexity index is 2830. The number of fused-ring (bicyclic) bond motifs is 3. The van der Waals surface area contributed by atoms with Crippen molar-refractivity contribution in [3.63, 3.8) is 0 Å². The van der Waals surface area contributed by atoms with Gasteiger partial charge in [-0.1, -0.05) is 127 Å². The van der Waals surface area contributed by atoms with E-state index in [1.54, 1.807) is 12.1 Å². The van der Waals surface area contributed by atoms with Crippen LogP contribution in [0.15, 0.2) is 170 Å². The summed E-state index contributed by atoms with van der Waals surface area (Å²) in [5.74, 6) is 1.05. The molecule has 4 nitrogen and oxygen atoms in total. The second-order valence-electron chi connectivity index (χ2n) is 13.5. The molecule has 0 radical (unpaired) electrons. The molecule has 0 saturated heterocycles. The standard InChI is InChI=1S/C47H28F6N4/c48-46(49,50)35-24-34(25-36(28-35)47(51,52)53)37-22-20-33(45-55-43(30-14-6-2-7-15-30)54-44(56-45)31-16-8-3-9-17-31)27-42(37)57-40-19-11-10-18-38(40)39-26-32(21-23-41(39)57)29-12-4-1-5-13-29/h1-28H. The molecule has 0 N–H and O–H groups in total. The zero-order valence-electron chi connectivity index (χ0n) is 29.7. The molecule has 278 valence electrons. The lowest BCUT2D eigenvalue weighted by Gasteiger charge is -2.19. The Balaban J connectivity index is 1.35. The fraction of sp³-hybridized carbons (Fsp3) is 0.0426. The number of benzene rings is 7. The SMILES string of the molecule is FC(F)(F)c1cc(-c2ccc(-c3nc(-c4ccccc4)nc(-c4ccccc4)n3)cc2-n2c3ccccc3c3cc(-c4ccccc4)ccc32)cc(C(F)(F)F)c1. The molecule has 0 fully saturated rings. The molecule has 0 aliphatic carbocycles. The summed E-state index contributed by atoms with van der Waals surface area (Å²) in [7, 11) is 0. The number of nitrogens with zero attached hydrogens (tertiary/aromatic N) is 4. The molecule has 57 heavy (non-hydrogen) atoms. The first-order valence-corrected chi connectivity index (χ1v) is 17.9. The Kier molecular flexibility index (Phi) is 8.69. The summed E-state index contributed by atoms with van der Waals surface area (Å²) < 4.78 is 87.5. The number of rotatable bonds is 6. The van der Waals surface area contributed by atoms with E-state index in [2.05, 4.69) is 0 Å². The topological polar surface area (TPSA) is 43.6 Å². The molecule has 9 aromatic rings. The van der Waals surface area contributed by atoms with Crippen LogP contribution in [0.5, 0.6) is 0 Å². The van der Waals surface area contributed by atoms with Gasteiger partial charge in [0.1, 0.15) is 0 Å². The normalized spacial score (nSPS) is 12.0. The van der Waals surface area contributed by atoms with Gasteiger partial charge in [0.15, 0.2) is 17.5 Å². The minimum atomic E-state index is -5.04. The quantitative estimate of drug-likeness (QED) is 0.158. The summed E-state index contributed by atoms with van der Waals surface area (Å²) >= 11 is 0. The fourth-order valence-electron chi connectivity index (χ4n) is 7.19. The van der Waals surface area contributed by atoms with Gasteiger partial charge in [-0.15, -0.1) is 0 Å². The van der Waals surface area contributed by atoms with Gasteiger partial charge in [-0.25, -0.2) is 15.0 Å². The molecular formula is C47H28F6N4. The van der Waals surface area contributed by atoms with Crippen LogP contribution >= 0.6 is 0 Å². The summed E-state index contributed by atoms with van der Waals surface area (Å²) in [5, 5.41) is 1.70. The summed E-state index contributed by atoms with van der Waals surface area (Å²) in [6.45, 7) is 0. The summed E-state index contributed by atoms with van der Waals surface area (Å²) in [4.78, 5) is 14.5. The third kappa shape index (κ3) is 6.80. The van der Waals surface area contributed by atoms with E-state index in [-0.39, 0.29) is 23.0 Å². The molecule has 9 rings (SSSR count). The van der Waals surface area contributed by atoms with Crippen LogP contribution in [-0.4, -0.2) is 19.5 Å². The van der Waals surface area contributed by atoms with Crippen LogP contribution in [-0.2, 0) is 12.4 Å². The van der Waals surface area contributed by atoms with E-state index in [0.717, 1.165) is 45.2 Å². The second kappa shape index (κ2) is 13.9. The van der Waals surface area contributed by atoms with Gasteiger partial charge in [0.2, 0.25) is 0 Å². The van der Waals surface area contributed by atoms with Crippen LogP contribution in [0.3, 0.4) is 0 Å². The monoisotopic (exact) mass is 762 g/mol. The molecule has 2 heterocycles. The maximum absolute atomic E-state index is 14.3. The van der Waals surface area contributed by atoms with E-state index in [1.807, 2.05) is 138 Å². The Hall–Kier alpha value is -7.07. The molecular weight excluding hydrogens is 735 g/mol. The highest BCUT2D eigenvalue weighted by molar-refractivity contribution is 6.11. The van der Waals surface area contributed by atoms with Crippen molar-refractivity contribution in [1.29, 1.82) is 0 Å². The van der Waals surface area contributed by atoms with E-state index >= 15 is 0 Å². The van der Waals surface area contributed by atoms with E-state index in [1.165, 1.54) is 6.07 Å². The zero-order valence-corrected chi connectivity index (χ0v) is 29.7. The fourth-order valence-corrected chi connectivity index (χ4v) is 7.19. The maximum atomic E-state index is 14.3. The van der Waals surface area contributed by atoms with Gasteiger partial charge in [0.25, 0.3) is 0 Å². The largest absolute Gasteiger partial charge is 0.416 e. The Morgan fingerprint density at radius 2 is 0.825 bits per heavy atom. The van der Waals surface area contributed by atoms with Crippen LogP contribution in [0.25, 0.3) is 83.9 Å². The highest BCUT2D eigenvalue weighted by Gasteiger charge is 2.37. The first-order chi connectivity index (χ1) is 27.5. The Labute approximate surface area is 322 Å². The predicted octanol–water partition coefficient (Wildman–Crippen LogP) is 13.3. The van der Waals surface area contributed by atoms with Crippen molar-refractivity contribution < 1.29 is 26.3 Å². The van der Waals surface area contributed by atoms with Gasteiger partial charge in [-0.3, -0.25) is 0 Å². The molecule has 0 atom stereocenters. The number of hydrogen-bond acceptors (Lipinski definition) is 3. The molecule has 0 unspecified atom stereocenters. The Morgan fingerprint density at radius 1 is 0.351 bits per heavy atom. The van der Waals surface area contributed by atoms with Crippen molar-refractivity contribution in [3.8, 4) is 62.1 Å². The van der Waals surface area contributed by atoms with E-state index in [9.17, 15) is 26.3 Å². The second-order valence-corrected chi connectivity index (χ2v) is 13.5. The van der Waals surface area contributed by atoms with E-state index in [0.29, 0.717) is 33.9 Å². The van der Waals surface area contributed by atoms with Gasteiger partial charge in [-0.2, -0.15) is 26.3 Å². The van der Waals surface area contributed by atoms with Gasteiger partial charge in [0, 0.05) is 33.0 Å². The van der Waals surface area contributed by atoms with E-state index in [4.69, 9.17) is 15.0 Å². The molecule has 0 aliphatic heterocycles. The number of aromatic nitrogens is 4. The van der Waals surface area contributed by atoms with Crippen molar-refractivity contribution in [3.05, 3.63) is 181 Å². The molecule has 0 spiro atoms. The third-order valence-electron chi connectivity index (χ3n) is 9.87. The van der Waals surface area contributed by atoms with Gasteiger partial charge in [-0.05, 0) is 59.2 Å². The zero-order chi connectivity index (χ0) is 39.3. The number of alkyl halides is 6. The minimum absolute atomic E-state index is 0.143. The van der Waals surface area contributed by atoms with Crippen LogP contribution in [0, 0.1) is 0 Å². The van der Waals surface area contributed by atoms with Gasteiger partial charge in [0.05, 0.1) is 27.8 Å². The molecule has 10 heteroatoms. The average Bonchev–Trinajstić information content (AvgIpc) is 3.57. The Morgan fingerprint density at radius 3 is 1.39 bits per heavy atom. The van der Waals surface area contributed by atoms with Crippen LogP contribution in [0.4, 0.5) is 26.3 Å². The number of hydrogen-bond donors (Lipinski definition) is 0. The van der Waals surface area contributed by atoms with E-state index < -0.39 is 23.5 Å². The van der Waals surface area contributed by atoms with Gasteiger partial charge < -0.3 is 4.57 Å². The van der Waals surface area contributed by atoms with Crippen molar-refractivity contribution in [1.82, 2.24) is 19.5 Å². The molecule has 0 aliphatic rings. The molecule has 0 bridgehead atoms. The van der Waals surface area contributed by atoms with Gasteiger partial charge >= 0.3 is 12.4 Å². The summed E-state index contributed by atoms with van der Waals surface area (Å²) in [5.41, 5.74) is 2.67. The van der Waals surface area contributed by atoms with Crippen LogP contribution < -0.4 is 0 Å².